The predicted molar refractivity (Wildman–Crippen MR) is 57.2 cm³/mol. The van der Waals surface area contributed by atoms with E-state index in [0.29, 0.717) is 0 Å². The van der Waals surface area contributed by atoms with E-state index in [2.05, 4.69) is 5.32 Å². The fourth-order valence-electron chi connectivity index (χ4n) is 1.16. The van der Waals surface area contributed by atoms with Gasteiger partial charge < -0.3 is 15.4 Å². The van der Waals surface area contributed by atoms with Crippen molar-refractivity contribution in [2.75, 3.05) is 5.32 Å². The van der Waals surface area contributed by atoms with Crippen LogP contribution in [0.2, 0.25) is 0 Å². The van der Waals surface area contributed by atoms with E-state index in [1.165, 1.54) is 13.0 Å². The van der Waals surface area contributed by atoms with Crippen LogP contribution in [-0.4, -0.2) is 28.0 Å². The lowest BCUT2D eigenvalue weighted by molar-refractivity contribution is -0.383. The number of nitro benzene ring substituents is 1. The maximum atomic E-state index is 10.8. The van der Waals surface area contributed by atoms with Crippen molar-refractivity contribution in [3.05, 3.63) is 28.3 Å². The normalized spacial score (nSPS) is 9.69. The predicted octanol–water partition coefficient (Wildman–Crippen LogP) is -0.767. The molecule has 0 aliphatic heterocycles. The second-order valence-corrected chi connectivity index (χ2v) is 3.09. The van der Waals surface area contributed by atoms with Crippen LogP contribution in [0, 0.1) is 10.1 Å². The zero-order chi connectivity index (χ0) is 12.3. The van der Waals surface area contributed by atoms with Gasteiger partial charge in [-0.1, -0.05) is 6.07 Å². The number of nitrogens with one attached hydrogen (secondary N) is 1. The van der Waals surface area contributed by atoms with Crippen LogP contribution in [0.4, 0.5) is 11.4 Å². The van der Waals surface area contributed by atoms with Gasteiger partial charge in [0.05, 0.1) is 4.92 Å². The molecule has 1 rings (SSSR count). The lowest BCUT2D eigenvalue weighted by Crippen LogP contribution is -2.30. The molecule has 84 valence electrons. The van der Waals surface area contributed by atoms with Crippen molar-refractivity contribution < 1.29 is 19.8 Å². The molecule has 0 saturated heterocycles. The quantitative estimate of drug-likeness (QED) is 0.354. The van der Waals surface area contributed by atoms with Gasteiger partial charge in [-0.05, 0) is 11.5 Å². The van der Waals surface area contributed by atoms with Crippen molar-refractivity contribution in [3.8, 4) is 0 Å². The van der Waals surface area contributed by atoms with Crippen LogP contribution in [0.3, 0.4) is 0 Å². The van der Waals surface area contributed by atoms with Gasteiger partial charge in [-0.3, -0.25) is 14.9 Å². The number of rotatable bonds is 3. The van der Waals surface area contributed by atoms with Gasteiger partial charge >= 0.3 is 7.12 Å². The molecule has 8 heteroatoms. The Morgan fingerprint density at radius 3 is 2.56 bits per heavy atom. The average Bonchev–Trinajstić information content (AvgIpc) is 2.15. The summed E-state index contributed by atoms with van der Waals surface area (Å²) in [7, 11) is -1.74. The van der Waals surface area contributed by atoms with E-state index in [9.17, 15) is 14.9 Å². The minimum Gasteiger partial charge on any atom is -0.423 e. The minimum absolute atomic E-state index is 0.0642. The molecule has 3 N–H and O–H groups in total. The third-order valence-electron chi connectivity index (χ3n) is 1.83. The maximum absolute atomic E-state index is 10.8. The monoisotopic (exact) mass is 224 g/mol. The molecule has 1 aromatic rings. The molecule has 0 unspecified atom stereocenters. The van der Waals surface area contributed by atoms with Gasteiger partial charge in [0.25, 0.3) is 5.69 Å². The summed E-state index contributed by atoms with van der Waals surface area (Å²) >= 11 is 0. The van der Waals surface area contributed by atoms with Crippen molar-refractivity contribution >= 4 is 29.9 Å². The van der Waals surface area contributed by atoms with Crippen LogP contribution in [0.25, 0.3) is 0 Å². The van der Waals surface area contributed by atoms with E-state index in [-0.39, 0.29) is 16.8 Å². The summed E-state index contributed by atoms with van der Waals surface area (Å²) in [6, 6.07) is 3.44. The van der Waals surface area contributed by atoms with Crippen molar-refractivity contribution in [2.24, 2.45) is 0 Å². The Morgan fingerprint density at radius 2 is 2.12 bits per heavy atom. The van der Waals surface area contributed by atoms with E-state index in [1.54, 1.807) is 0 Å². The summed E-state index contributed by atoms with van der Waals surface area (Å²) < 4.78 is 0. The Balaban J connectivity index is 3.20. The Hall–Kier alpha value is -1.93. The molecule has 0 radical (unpaired) electrons. The molecule has 16 heavy (non-hydrogen) atoms. The highest BCUT2D eigenvalue weighted by Gasteiger charge is 2.19. The number of anilines is 1. The first kappa shape index (κ1) is 12.1. The Kier molecular flexibility index (Phi) is 3.59. The zero-order valence-electron chi connectivity index (χ0n) is 8.38. The Bertz CT molecular complexity index is 434. The lowest BCUT2D eigenvalue weighted by atomic mass is 9.80. The molecular weight excluding hydrogens is 215 g/mol. The van der Waals surface area contributed by atoms with E-state index in [4.69, 9.17) is 10.0 Å². The van der Waals surface area contributed by atoms with Crippen LogP contribution in [-0.2, 0) is 4.79 Å². The van der Waals surface area contributed by atoms with Gasteiger partial charge in [-0.25, -0.2) is 0 Å². The van der Waals surface area contributed by atoms with Gasteiger partial charge in [0.15, 0.2) is 0 Å². The Labute approximate surface area is 91.0 Å². The molecule has 0 heterocycles. The molecule has 7 nitrogen and oxygen atoms in total. The first-order valence-electron chi connectivity index (χ1n) is 4.34. The van der Waals surface area contributed by atoms with Gasteiger partial charge in [0, 0.05) is 13.0 Å². The standard InChI is InChI=1S/C8H9BN2O5/c1-5(12)10-7-4-6(9(13)14)2-3-8(7)11(15)16/h2-4,13-14H,1H3,(H,10,12). The van der Waals surface area contributed by atoms with E-state index < -0.39 is 17.9 Å². The molecule has 1 aromatic carbocycles. The molecule has 0 spiro atoms. The summed E-state index contributed by atoms with van der Waals surface area (Å²) in [6.07, 6.45) is 0. The Morgan fingerprint density at radius 1 is 1.50 bits per heavy atom. The maximum Gasteiger partial charge on any atom is 0.488 e. The summed E-state index contributed by atoms with van der Waals surface area (Å²) in [6.45, 7) is 1.20. The topological polar surface area (TPSA) is 113 Å². The van der Waals surface area contributed by atoms with E-state index in [0.717, 1.165) is 12.1 Å². The van der Waals surface area contributed by atoms with Crippen LogP contribution in [0.15, 0.2) is 18.2 Å². The molecule has 0 aliphatic carbocycles. The van der Waals surface area contributed by atoms with Gasteiger partial charge in [-0.2, -0.15) is 0 Å². The largest absolute Gasteiger partial charge is 0.488 e. The van der Waals surface area contributed by atoms with Crippen LogP contribution < -0.4 is 10.8 Å². The SMILES string of the molecule is CC(=O)Nc1cc(B(O)O)ccc1[N+](=O)[O-]. The first-order chi connectivity index (χ1) is 7.41. The van der Waals surface area contributed by atoms with Crippen molar-refractivity contribution in [2.45, 2.75) is 6.92 Å². The summed E-state index contributed by atoms with van der Waals surface area (Å²) in [5.41, 5.74) is -0.308. The molecule has 0 aromatic heterocycles. The molecule has 0 atom stereocenters. The molecule has 0 bridgehead atoms. The van der Waals surface area contributed by atoms with Crippen molar-refractivity contribution in [1.82, 2.24) is 0 Å². The van der Waals surface area contributed by atoms with Crippen LogP contribution in [0.1, 0.15) is 6.92 Å². The average molecular weight is 224 g/mol. The number of amides is 1. The summed E-state index contributed by atoms with van der Waals surface area (Å²) in [5, 5.41) is 30.6. The first-order valence-corrected chi connectivity index (χ1v) is 4.34. The van der Waals surface area contributed by atoms with E-state index in [1.807, 2.05) is 0 Å². The van der Waals surface area contributed by atoms with E-state index >= 15 is 0 Å². The van der Waals surface area contributed by atoms with Gasteiger partial charge in [0.2, 0.25) is 5.91 Å². The fourth-order valence-corrected chi connectivity index (χ4v) is 1.16. The van der Waals surface area contributed by atoms with Gasteiger partial charge in [0.1, 0.15) is 5.69 Å². The van der Waals surface area contributed by atoms with Gasteiger partial charge in [-0.15, -0.1) is 0 Å². The van der Waals surface area contributed by atoms with Crippen molar-refractivity contribution in [1.29, 1.82) is 0 Å². The second kappa shape index (κ2) is 4.73. The molecule has 0 aliphatic rings. The van der Waals surface area contributed by atoms with Crippen LogP contribution >= 0.6 is 0 Å². The smallest absolute Gasteiger partial charge is 0.423 e. The number of nitro groups is 1. The summed E-state index contributed by atoms with van der Waals surface area (Å²) in [4.78, 5) is 20.8. The number of benzene rings is 1. The molecular formula is C8H9BN2O5. The molecule has 0 fully saturated rings. The second-order valence-electron chi connectivity index (χ2n) is 3.09. The number of hydrogen-bond acceptors (Lipinski definition) is 5. The third kappa shape index (κ3) is 2.78. The number of carbonyl (C=O) groups excluding carboxylic acids is 1. The number of carbonyl (C=O) groups is 1. The molecule has 1 amide bonds. The highest BCUT2D eigenvalue weighted by Crippen LogP contribution is 2.22. The summed E-state index contributed by atoms with van der Waals surface area (Å²) in [5.74, 6) is -0.479. The minimum atomic E-state index is -1.74. The molecule has 0 saturated carbocycles. The third-order valence-corrected chi connectivity index (χ3v) is 1.83. The zero-order valence-corrected chi connectivity index (χ0v) is 8.38. The highest BCUT2D eigenvalue weighted by molar-refractivity contribution is 6.58. The fraction of sp³-hybridized carbons (Fsp3) is 0.125. The number of hydrogen-bond donors (Lipinski definition) is 3. The highest BCUT2D eigenvalue weighted by atomic mass is 16.6. The van der Waals surface area contributed by atoms with Crippen molar-refractivity contribution in [3.63, 3.8) is 0 Å². The van der Waals surface area contributed by atoms with Crippen LogP contribution in [0.5, 0.6) is 0 Å². The lowest BCUT2D eigenvalue weighted by Gasteiger charge is -2.06. The number of nitrogens with zero attached hydrogens (tertiary/aromatic N) is 1.